The Morgan fingerprint density at radius 1 is 1.28 bits per heavy atom. The van der Waals surface area contributed by atoms with Crippen molar-refractivity contribution in [1.29, 1.82) is 0 Å². The molecule has 0 saturated heterocycles. The molecular formula is C11H16F3N3S. The first-order valence-electron chi connectivity index (χ1n) is 5.93. The number of hydrogen-bond donors (Lipinski definition) is 1. The Kier molecular flexibility index (Phi) is 3.53. The number of nitrogens with zero attached hydrogens (tertiary/aromatic N) is 2. The van der Waals surface area contributed by atoms with Crippen molar-refractivity contribution < 1.29 is 13.2 Å². The Morgan fingerprint density at radius 2 is 1.94 bits per heavy atom. The van der Waals surface area contributed by atoms with Gasteiger partial charge in [-0.25, -0.2) is 0 Å². The molecule has 3 nitrogen and oxygen atoms in total. The van der Waals surface area contributed by atoms with Gasteiger partial charge in [-0.15, -0.1) is 10.2 Å². The van der Waals surface area contributed by atoms with Gasteiger partial charge in [0, 0.05) is 6.54 Å². The molecule has 102 valence electrons. The molecule has 0 spiro atoms. The van der Waals surface area contributed by atoms with E-state index in [0.717, 1.165) is 0 Å². The maximum Gasteiger partial charge on any atom is 0.445 e. The van der Waals surface area contributed by atoms with Gasteiger partial charge >= 0.3 is 6.18 Å². The van der Waals surface area contributed by atoms with Gasteiger partial charge in [-0.05, 0) is 24.2 Å². The van der Waals surface area contributed by atoms with Crippen molar-refractivity contribution in [2.45, 2.75) is 39.3 Å². The Balaban J connectivity index is 1.92. The van der Waals surface area contributed by atoms with Gasteiger partial charge in [0.15, 0.2) is 0 Å². The fraction of sp³-hybridized carbons (Fsp3) is 0.818. The predicted octanol–water partition coefficient (Wildman–Crippen LogP) is 3.80. The summed E-state index contributed by atoms with van der Waals surface area (Å²) in [7, 11) is 0. The highest BCUT2D eigenvalue weighted by Crippen LogP contribution is 2.42. The van der Waals surface area contributed by atoms with Gasteiger partial charge in [0.2, 0.25) is 10.1 Å². The highest BCUT2D eigenvalue weighted by molar-refractivity contribution is 7.15. The average Bonchev–Trinajstić information content (AvgIpc) is 2.58. The number of rotatable bonds is 4. The van der Waals surface area contributed by atoms with E-state index in [1.54, 1.807) is 0 Å². The summed E-state index contributed by atoms with van der Waals surface area (Å²) < 4.78 is 37.0. The smallest absolute Gasteiger partial charge is 0.360 e. The van der Waals surface area contributed by atoms with Crippen molar-refractivity contribution in [2.24, 2.45) is 11.3 Å². The van der Waals surface area contributed by atoms with Crippen LogP contribution in [-0.2, 0) is 6.18 Å². The number of hydrogen-bond acceptors (Lipinski definition) is 4. The van der Waals surface area contributed by atoms with Crippen molar-refractivity contribution in [2.75, 3.05) is 11.9 Å². The van der Waals surface area contributed by atoms with Crippen LogP contribution < -0.4 is 5.32 Å². The Hall–Kier alpha value is -0.850. The molecule has 0 bridgehead atoms. The van der Waals surface area contributed by atoms with Crippen molar-refractivity contribution >= 4 is 16.5 Å². The van der Waals surface area contributed by atoms with E-state index in [1.165, 1.54) is 19.3 Å². The standard InChI is InChI=1S/C11H16F3N3S/c1-10(2,7-4-3-5-7)6-15-9-17-16-8(18-9)11(12,13)14/h7H,3-6H2,1-2H3,(H,15,17). The molecule has 1 aromatic rings. The van der Waals surface area contributed by atoms with E-state index in [-0.39, 0.29) is 10.5 Å². The van der Waals surface area contributed by atoms with Crippen LogP contribution in [-0.4, -0.2) is 16.7 Å². The van der Waals surface area contributed by atoms with Crippen LogP contribution in [0.1, 0.15) is 38.1 Å². The molecule has 0 unspecified atom stereocenters. The number of nitrogens with one attached hydrogen (secondary N) is 1. The van der Waals surface area contributed by atoms with Crippen molar-refractivity contribution in [3.8, 4) is 0 Å². The lowest BCUT2D eigenvalue weighted by Gasteiger charge is -2.40. The SMILES string of the molecule is CC(C)(CNc1nnc(C(F)(F)F)s1)C1CCC1. The molecule has 1 fully saturated rings. The largest absolute Gasteiger partial charge is 0.445 e. The van der Waals surface area contributed by atoms with Gasteiger partial charge in [-0.2, -0.15) is 13.2 Å². The first-order chi connectivity index (χ1) is 8.29. The van der Waals surface area contributed by atoms with Crippen molar-refractivity contribution in [3.05, 3.63) is 5.01 Å². The summed E-state index contributed by atoms with van der Waals surface area (Å²) in [5.74, 6) is 0.653. The lowest BCUT2D eigenvalue weighted by molar-refractivity contribution is -0.138. The molecule has 0 aliphatic heterocycles. The van der Waals surface area contributed by atoms with Crippen molar-refractivity contribution in [3.63, 3.8) is 0 Å². The number of halogens is 3. The fourth-order valence-corrected chi connectivity index (χ4v) is 2.65. The molecule has 1 aliphatic rings. The van der Waals surface area contributed by atoms with E-state index < -0.39 is 11.2 Å². The van der Waals surface area contributed by atoms with E-state index in [0.29, 0.717) is 23.8 Å². The minimum atomic E-state index is -4.40. The van der Waals surface area contributed by atoms with Crippen LogP contribution >= 0.6 is 11.3 Å². The Morgan fingerprint density at radius 3 is 2.39 bits per heavy atom. The van der Waals surface area contributed by atoms with Crippen LogP contribution in [0.3, 0.4) is 0 Å². The van der Waals surface area contributed by atoms with Crippen LogP contribution in [0.25, 0.3) is 0 Å². The second-order valence-corrected chi connectivity index (χ2v) is 6.36. The second-order valence-electron chi connectivity index (χ2n) is 5.38. The Bertz CT molecular complexity index is 410. The zero-order chi connectivity index (χ0) is 13.4. The zero-order valence-corrected chi connectivity index (χ0v) is 11.2. The second kappa shape index (κ2) is 4.68. The summed E-state index contributed by atoms with van der Waals surface area (Å²) in [4.78, 5) is 0. The summed E-state index contributed by atoms with van der Waals surface area (Å²) in [6, 6.07) is 0. The zero-order valence-electron chi connectivity index (χ0n) is 10.3. The average molecular weight is 279 g/mol. The van der Waals surface area contributed by atoms with Crippen LogP contribution in [0.2, 0.25) is 0 Å². The van der Waals surface area contributed by atoms with E-state index in [9.17, 15) is 13.2 Å². The van der Waals surface area contributed by atoms with Gasteiger partial charge in [0.25, 0.3) is 0 Å². The maximum atomic E-state index is 12.3. The fourth-order valence-electron chi connectivity index (χ4n) is 2.05. The Labute approximate surface area is 108 Å². The van der Waals surface area contributed by atoms with E-state index in [4.69, 9.17) is 0 Å². The summed E-state index contributed by atoms with van der Waals surface area (Å²) >= 11 is 0.560. The van der Waals surface area contributed by atoms with Gasteiger partial charge in [-0.1, -0.05) is 31.6 Å². The monoisotopic (exact) mass is 279 g/mol. The van der Waals surface area contributed by atoms with Crippen molar-refractivity contribution in [1.82, 2.24) is 10.2 Å². The molecular weight excluding hydrogens is 263 g/mol. The molecule has 0 amide bonds. The summed E-state index contributed by atoms with van der Waals surface area (Å²) in [5, 5.41) is 8.99. The highest BCUT2D eigenvalue weighted by atomic mass is 32.1. The molecule has 1 heterocycles. The van der Waals surface area contributed by atoms with Crippen LogP contribution in [0.5, 0.6) is 0 Å². The van der Waals surface area contributed by atoms with Crippen LogP contribution in [0.15, 0.2) is 0 Å². The van der Waals surface area contributed by atoms with Crippen LogP contribution in [0.4, 0.5) is 18.3 Å². The number of alkyl halides is 3. The molecule has 1 saturated carbocycles. The van der Waals surface area contributed by atoms with E-state index >= 15 is 0 Å². The van der Waals surface area contributed by atoms with E-state index in [1.807, 2.05) is 0 Å². The molecule has 1 aromatic heterocycles. The maximum absolute atomic E-state index is 12.3. The molecule has 0 radical (unpaired) electrons. The lowest BCUT2D eigenvalue weighted by Crippen LogP contribution is -2.35. The summed E-state index contributed by atoms with van der Waals surface area (Å²) in [5.41, 5.74) is 0.0856. The summed E-state index contributed by atoms with van der Waals surface area (Å²) in [6.45, 7) is 4.90. The van der Waals surface area contributed by atoms with Gasteiger partial charge in [0.1, 0.15) is 0 Å². The third kappa shape index (κ3) is 2.93. The third-order valence-electron chi connectivity index (χ3n) is 3.57. The molecule has 1 aliphatic carbocycles. The molecule has 0 atom stereocenters. The number of anilines is 1. The highest BCUT2D eigenvalue weighted by Gasteiger charge is 2.36. The molecule has 1 N–H and O–H groups in total. The van der Waals surface area contributed by atoms with Gasteiger partial charge in [0.05, 0.1) is 0 Å². The molecule has 7 heteroatoms. The summed E-state index contributed by atoms with van der Waals surface area (Å²) in [6.07, 6.45) is -0.733. The quantitative estimate of drug-likeness (QED) is 0.911. The minimum absolute atomic E-state index is 0.0856. The molecule has 0 aromatic carbocycles. The molecule has 2 rings (SSSR count). The van der Waals surface area contributed by atoms with Gasteiger partial charge < -0.3 is 5.32 Å². The minimum Gasteiger partial charge on any atom is -0.360 e. The number of aromatic nitrogens is 2. The van der Waals surface area contributed by atoms with E-state index in [2.05, 4.69) is 29.4 Å². The topological polar surface area (TPSA) is 37.8 Å². The predicted molar refractivity (Wildman–Crippen MR) is 64.5 cm³/mol. The molecule has 18 heavy (non-hydrogen) atoms. The lowest BCUT2D eigenvalue weighted by atomic mass is 9.67. The van der Waals surface area contributed by atoms with Crippen LogP contribution in [0, 0.1) is 11.3 Å². The first kappa shape index (κ1) is 13.6. The third-order valence-corrected chi connectivity index (χ3v) is 4.50. The normalized spacial score (nSPS) is 17.6. The van der Waals surface area contributed by atoms with Gasteiger partial charge in [-0.3, -0.25) is 0 Å². The first-order valence-corrected chi connectivity index (χ1v) is 6.75.